The van der Waals surface area contributed by atoms with Crippen LogP contribution >= 0.6 is 0 Å². The fraction of sp³-hybridized carbons (Fsp3) is 0.952. The van der Waals surface area contributed by atoms with Crippen molar-refractivity contribution in [2.75, 3.05) is 0 Å². The molecule has 0 amide bonds. The molecule has 164 valence electrons. The highest BCUT2D eigenvalue weighted by Gasteiger charge is 2.32. The molecule has 0 aliphatic heterocycles. The Morgan fingerprint density at radius 1 is 0.607 bits per heavy atom. The molecule has 2 rings (SSSR count). The van der Waals surface area contributed by atoms with Crippen molar-refractivity contribution in [3.05, 3.63) is 0 Å². The van der Waals surface area contributed by atoms with Crippen LogP contribution in [0.1, 0.15) is 92.9 Å². The van der Waals surface area contributed by atoms with Gasteiger partial charge in [0.05, 0.1) is 12.2 Å². The molecule has 0 unspecified atom stereocenters. The molecule has 0 spiro atoms. The van der Waals surface area contributed by atoms with E-state index in [0.29, 0.717) is 22.7 Å². The summed E-state index contributed by atoms with van der Waals surface area (Å²) in [4.78, 5) is 30.5. The van der Waals surface area contributed by atoms with Crippen LogP contribution in [-0.4, -0.2) is 18.4 Å². The largest absolute Gasteiger partial charge is 0.577 e. The van der Waals surface area contributed by atoms with Gasteiger partial charge in [-0.3, -0.25) is 0 Å². The first-order valence-electron chi connectivity index (χ1n) is 10.6. The Hall–Kier alpha value is -0.890. The van der Waals surface area contributed by atoms with E-state index in [0.717, 1.165) is 51.4 Å². The number of carbonyl (C=O) groups excluding carboxylic acids is 1. The lowest BCUT2D eigenvalue weighted by Crippen LogP contribution is -2.30. The quantitative estimate of drug-likeness (QED) is 0.394. The molecular formula is C21H38O7. The molecule has 0 aromatic rings. The average molecular weight is 403 g/mol. The van der Waals surface area contributed by atoms with Crippen LogP contribution in [-0.2, 0) is 29.6 Å². The summed E-state index contributed by atoms with van der Waals surface area (Å²) in [5.74, 6) is 1.34. The molecule has 0 atom stereocenters. The molecule has 0 heterocycles. The van der Waals surface area contributed by atoms with E-state index < -0.39 is 6.16 Å². The van der Waals surface area contributed by atoms with Gasteiger partial charge in [0.1, 0.15) is 0 Å². The van der Waals surface area contributed by atoms with E-state index in [-0.39, 0.29) is 12.2 Å². The van der Waals surface area contributed by atoms with E-state index in [1.54, 1.807) is 0 Å². The van der Waals surface area contributed by atoms with E-state index in [4.69, 9.17) is 9.78 Å². The number of rotatable bonds is 6. The lowest BCUT2D eigenvalue weighted by Gasteiger charge is -2.36. The first-order chi connectivity index (χ1) is 13.1. The summed E-state index contributed by atoms with van der Waals surface area (Å²) in [5.41, 5.74) is 0.602. The summed E-state index contributed by atoms with van der Waals surface area (Å²) in [6.07, 6.45) is 6.43. The maximum atomic E-state index is 11.4. The van der Waals surface area contributed by atoms with Crippen molar-refractivity contribution in [3.8, 4) is 0 Å². The molecule has 7 heteroatoms. The van der Waals surface area contributed by atoms with Gasteiger partial charge in [-0.15, -0.1) is 0 Å². The highest BCUT2D eigenvalue weighted by molar-refractivity contribution is 5.57. The maximum absolute atomic E-state index is 11.4. The summed E-state index contributed by atoms with van der Waals surface area (Å²) in [7, 11) is 0. The summed E-state index contributed by atoms with van der Waals surface area (Å²) in [6.45, 7) is 13.5. The van der Waals surface area contributed by atoms with Gasteiger partial charge in [0.2, 0.25) is 0 Å². The van der Waals surface area contributed by atoms with Gasteiger partial charge in [-0.1, -0.05) is 41.5 Å². The third-order valence-electron chi connectivity index (χ3n) is 6.35. The molecule has 28 heavy (non-hydrogen) atoms. The number of hydrogen-bond donors (Lipinski definition) is 0. The minimum absolute atomic E-state index is 0.0819. The van der Waals surface area contributed by atoms with E-state index >= 15 is 0 Å². The average Bonchev–Trinajstić information content (AvgIpc) is 2.61. The summed E-state index contributed by atoms with van der Waals surface area (Å²) >= 11 is 0. The van der Waals surface area contributed by atoms with Crippen molar-refractivity contribution in [1.29, 1.82) is 0 Å². The van der Waals surface area contributed by atoms with Crippen LogP contribution in [0.4, 0.5) is 4.79 Å². The molecular weight excluding hydrogens is 364 g/mol. The zero-order valence-electron chi connectivity index (χ0n) is 18.3. The molecule has 7 nitrogen and oxygen atoms in total. The van der Waals surface area contributed by atoms with Gasteiger partial charge in [-0.25, -0.2) is 9.78 Å². The second-order valence-electron chi connectivity index (χ2n) is 10.4. The van der Waals surface area contributed by atoms with Crippen molar-refractivity contribution in [2.24, 2.45) is 22.7 Å². The molecule has 0 aromatic carbocycles. The van der Waals surface area contributed by atoms with Gasteiger partial charge in [0, 0.05) is 0 Å². The monoisotopic (exact) mass is 402 g/mol. The van der Waals surface area contributed by atoms with Crippen LogP contribution in [0, 0.1) is 22.7 Å². The number of hydrogen-bond acceptors (Lipinski definition) is 7. The van der Waals surface area contributed by atoms with E-state index in [1.165, 1.54) is 0 Å². The first kappa shape index (κ1) is 23.4. The lowest BCUT2D eigenvalue weighted by molar-refractivity contribution is -0.542. The molecule has 0 saturated heterocycles. The van der Waals surface area contributed by atoms with Crippen LogP contribution in [0.15, 0.2) is 0 Å². The van der Waals surface area contributed by atoms with Crippen LogP contribution in [0.2, 0.25) is 0 Å². The smallest absolute Gasteiger partial charge is 0.226 e. The Kier molecular flexibility index (Phi) is 8.55. The Morgan fingerprint density at radius 2 is 0.929 bits per heavy atom. The highest BCUT2D eigenvalue weighted by Crippen LogP contribution is 2.39. The van der Waals surface area contributed by atoms with Crippen molar-refractivity contribution in [1.82, 2.24) is 0 Å². The predicted octanol–water partition coefficient (Wildman–Crippen LogP) is 6.08. The summed E-state index contributed by atoms with van der Waals surface area (Å²) < 4.78 is 0. The van der Waals surface area contributed by atoms with Crippen LogP contribution in [0.3, 0.4) is 0 Å². The molecule has 0 radical (unpaired) electrons. The molecule has 2 aliphatic carbocycles. The summed E-state index contributed by atoms with van der Waals surface area (Å²) in [6, 6.07) is 0. The van der Waals surface area contributed by atoms with E-state index in [2.05, 4.69) is 61.4 Å². The van der Waals surface area contributed by atoms with Gasteiger partial charge in [-0.2, -0.15) is 14.6 Å². The van der Waals surface area contributed by atoms with E-state index in [9.17, 15) is 4.79 Å². The third-order valence-corrected chi connectivity index (χ3v) is 6.35. The standard InChI is InChI=1S/C21H38O7/c1-20(2,3)15-7-11-17(12-8-15)23-27-25-19(22)26-28-24-18-13-9-16(10-14-18)21(4,5)6/h15-18H,7-14H2,1-6H3. The van der Waals surface area contributed by atoms with Gasteiger partial charge in [-0.05, 0) is 84.1 Å². The van der Waals surface area contributed by atoms with Crippen molar-refractivity contribution < 1.29 is 34.4 Å². The Balaban J connectivity index is 1.50. The van der Waals surface area contributed by atoms with Crippen molar-refractivity contribution in [2.45, 2.75) is 105 Å². The van der Waals surface area contributed by atoms with Crippen molar-refractivity contribution in [3.63, 3.8) is 0 Å². The van der Waals surface area contributed by atoms with Crippen LogP contribution < -0.4 is 0 Å². The SMILES string of the molecule is CC(C)(C)C1CCC(OOOC(=O)OOOC2CCC(C(C)(C)C)CC2)CC1. The Bertz CT molecular complexity index is 422. The molecule has 0 N–H and O–H groups in total. The predicted molar refractivity (Wildman–Crippen MR) is 102 cm³/mol. The Morgan fingerprint density at radius 3 is 1.21 bits per heavy atom. The van der Waals surface area contributed by atoms with Gasteiger partial charge < -0.3 is 0 Å². The second-order valence-corrected chi connectivity index (χ2v) is 10.4. The van der Waals surface area contributed by atoms with Gasteiger partial charge in [0.25, 0.3) is 0 Å². The lowest BCUT2D eigenvalue weighted by atomic mass is 9.72. The molecule has 2 aliphatic rings. The molecule has 0 bridgehead atoms. The molecule has 2 fully saturated rings. The van der Waals surface area contributed by atoms with Gasteiger partial charge in [0.15, 0.2) is 0 Å². The zero-order valence-corrected chi connectivity index (χ0v) is 18.3. The number of carbonyl (C=O) groups is 1. The molecule has 2 saturated carbocycles. The Labute approximate surface area is 169 Å². The fourth-order valence-electron chi connectivity index (χ4n) is 4.27. The van der Waals surface area contributed by atoms with Gasteiger partial charge >= 0.3 is 6.16 Å². The molecule has 0 aromatic heterocycles. The normalized spacial score (nSPS) is 29.4. The topological polar surface area (TPSA) is 72.5 Å². The van der Waals surface area contributed by atoms with Crippen LogP contribution in [0.5, 0.6) is 0 Å². The summed E-state index contributed by atoms with van der Waals surface area (Å²) in [5, 5.41) is 9.08. The van der Waals surface area contributed by atoms with E-state index in [1.807, 2.05) is 0 Å². The first-order valence-corrected chi connectivity index (χ1v) is 10.6. The minimum Gasteiger partial charge on any atom is -0.226 e. The third kappa shape index (κ3) is 7.85. The highest BCUT2D eigenvalue weighted by atomic mass is 17.6. The fourth-order valence-corrected chi connectivity index (χ4v) is 4.27. The maximum Gasteiger partial charge on any atom is 0.577 e. The zero-order chi connectivity index (χ0) is 20.8. The minimum atomic E-state index is -1.16. The van der Waals surface area contributed by atoms with Crippen LogP contribution in [0.25, 0.3) is 0 Å². The van der Waals surface area contributed by atoms with Crippen molar-refractivity contribution >= 4 is 6.16 Å². The second kappa shape index (κ2) is 10.2.